The van der Waals surface area contributed by atoms with Crippen LogP contribution < -0.4 is 0 Å². The van der Waals surface area contributed by atoms with Crippen LogP contribution >= 0.6 is 0 Å². The van der Waals surface area contributed by atoms with Crippen molar-refractivity contribution in [2.75, 3.05) is 59.3 Å². The number of aliphatic hydroxyl groups is 3. The van der Waals surface area contributed by atoms with Gasteiger partial charge >= 0.3 is 10.4 Å². The van der Waals surface area contributed by atoms with Crippen LogP contribution in [0.3, 0.4) is 0 Å². The first-order chi connectivity index (χ1) is 16.3. The van der Waals surface area contributed by atoms with Crippen molar-refractivity contribution in [3.63, 3.8) is 0 Å². The van der Waals surface area contributed by atoms with Crippen LogP contribution in [0.5, 0.6) is 0 Å². The minimum Gasteiger partial charge on any atom is -0.395 e. The standard InChI is InChI=1S/C12H26O4S.C6H15NO3.C4H10O.C2H4/c1-2-3-4-5-6-7-8-9-10-11-12-16-17(13,14)15;8-4-1-7(2-5-9)3-6-10;1-3-5-4-2;1-2/h2-12H2,1H3,(H,13,14,15);8-10H,1-6H2;3-4H2,1-2H3;1-2H2. The summed E-state index contributed by atoms with van der Waals surface area (Å²) in [6, 6.07) is 0. The Kier molecular flexibility index (Phi) is 44.1. The molecule has 0 aliphatic rings. The number of rotatable bonds is 20. The Morgan fingerprint density at radius 1 is 0.676 bits per heavy atom. The fourth-order valence-corrected chi connectivity index (χ4v) is 3.05. The smallest absolute Gasteiger partial charge is 0.395 e. The second kappa shape index (κ2) is 37.0. The molecule has 0 radical (unpaired) electrons. The highest BCUT2D eigenvalue weighted by atomic mass is 32.3. The molecule has 0 saturated carbocycles. The first kappa shape index (κ1) is 40.6. The lowest BCUT2D eigenvalue weighted by molar-refractivity contribution is 0.136. The molecule has 0 saturated heterocycles. The van der Waals surface area contributed by atoms with E-state index in [4.69, 9.17) is 24.6 Å². The molecule has 0 aliphatic heterocycles. The highest BCUT2D eigenvalue weighted by Crippen LogP contribution is 2.10. The van der Waals surface area contributed by atoms with Crippen LogP contribution in [0.25, 0.3) is 0 Å². The highest BCUT2D eigenvalue weighted by molar-refractivity contribution is 7.80. The summed E-state index contributed by atoms with van der Waals surface area (Å²) in [5.74, 6) is 0. The molecule has 0 aromatic carbocycles. The summed E-state index contributed by atoms with van der Waals surface area (Å²) in [4.78, 5) is 1.79. The van der Waals surface area contributed by atoms with Gasteiger partial charge in [0.15, 0.2) is 0 Å². The first-order valence-corrected chi connectivity index (χ1v) is 13.9. The average Bonchev–Trinajstić information content (AvgIpc) is 2.80. The summed E-state index contributed by atoms with van der Waals surface area (Å²) in [6.45, 7) is 15.7. The van der Waals surface area contributed by atoms with Crippen molar-refractivity contribution in [3.05, 3.63) is 13.2 Å². The van der Waals surface area contributed by atoms with Gasteiger partial charge in [0.1, 0.15) is 0 Å². The van der Waals surface area contributed by atoms with Crippen molar-refractivity contribution >= 4 is 10.4 Å². The fourth-order valence-electron chi connectivity index (χ4n) is 2.72. The quantitative estimate of drug-likeness (QED) is 0.108. The van der Waals surface area contributed by atoms with Gasteiger partial charge in [-0.15, -0.1) is 13.2 Å². The Labute approximate surface area is 210 Å². The van der Waals surface area contributed by atoms with Crippen molar-refractivity contribution in [2.45, 2.75) is 85.0 Å². The summed E-state index contributed by atoms with van der Waals surface area (Å²) < 4.78 is 37.8. The minimum absolute atomic E-state index is 0.0694. The molecule has 4 N–H and O–H groups in total. The molecule has 0 spiro atoms. The molecule has 0 heterocycles. The summed E-state index contributed by atoms with van der Waals surface area (Å²) in [5, 5.41) is 25.5. The van der Waals surface area contributed by atoms with Gasteiger partial charge in [-0.05, 0) is 20.3 Å². The highest BCUT2D eigenvalue weighted by Gasteiger charge is 2.02. The van der Waals surface area contributed by atoms with Gasteiger partial charge in [-0.3, -0.25) is 9.45 Å². The summed E-state index contributed by atoms with van der Waals surface area (Å²) in [5.41, 5.74) is 0. The van der Waals surface area contributed by atoms with Gasteiger partial charge in [-0.1, -0.05) is 64.7 Å². The second-order valence-corrected chi connectivity index (χ2v) is 8.32. The van der Waals surface area contributed by atoms with Crippen molar-refractivity contribution in [1.29, 1.82) is 0 Å². The molecule has 0 fully saturated rings. The number of unbranched alkanes of at least 4 members (excludes halogenated alkanes) is 9. The predicted octanol–water partition coefficient (Wildman–Crippen LogP) is 3.84. The fraction of sp³-hybridized carbons (Fsp3) is 0.917. The lowest BCUT2D eigenvalue weighted by Gasteiger charge is -2.17. The normalized spacial score (nSPS) is 10.5. The molecule has 0 unspecified atom stereocenters. The van der Waals surface area contributed by atoms with E-state index in [1.54, 1.807) is 4.90 Å². The molecule has 0 bridgehead atoms. The number of nitrogens with zero attached hydrogens (tertiary/aromatic N) is 1. The first-order valence-electron chi connectivity index (χ1n) is 12.6. The van der Waals surface area contributed by atoms with Gasteiger partial charge in [0, 0.05) is 32.8 Å². The van der Waals surface area contributed by atoms with E-state index >= 15 is 0 Å². The zero-order valence-corrected chi connectivity index (χ0v) is 22.9. The van der Waals surface area contributed by atoms with Crippen molar-refractivity contribution < 1.29 is 37.2 Å². The molecular weight excluding hydrogens is 462 g/mol. The molecule has 0 atom stereocenters. The Morgan fingerprint density at radius 2 is 1.03 bits per heavy atom. The maximum Gasteiger partial charge on any atom is 0.397 e. The topological polar surface area (TPSA) is 137 Å². The predicted molar refractivity (Wildman–Crippen MR) is 140 cm³/mol. The molecule has 10 heteroatoms. The molecule has 0 aliphatic carbocycles. The van der Waals surface area contributed by atoms with E-state index in [1.165, 1.54) is 44.9 Å². The third-order valence-corrected chi connectivity index (χ3v) is 4.85. The lowest BCUT2D eigenvalue weighted by atomic mass is 10.1. The largest absolute Gasteiger partial charge is 0.397 e. The molecular formula is C24H55NO8S. The second-order valence-electron chi connectivity index (χ2n) is 7.23. The van der Waals surface area contributed by atoms with E-state index in [2.05, 4.69) is 24.3 Å². The van der Waals surface area contributed by atoms with Crippen LogP contribution in [0, 0.1) is 0 Å². The van der Waals surface area contributed by atoms with Gasteiger partial charge in [-0.2, -0.15) is 8.42 Å². The van der Waals surface area contributed by atoms with Crippen LogP contribution in [-0.2, 0) is 19.3 Å². The van der Waals surface area contributed by atoms with Gasteiger partial charge in [-0.25, -0.2) is 4.18 Å². The van der Waals surface area contributed by atoms with E-state index in [9.17, 15) is 8.42 Å². The summed E-state index contributed by atoms with van der Waals surface area (Å²) >= 11 is 0. The third-order valence-electron chi connectivity index (χ3n) is 4.39. The average molecular weight is 518 g/mol. The maximum absolute atomic E-state index is 10.2. The Balaban J connectivity index is -0.000000223. The third kappa shape index (κ3) is 48.7. The Hall–Kier alpha value is -0.590. The molecule has 34 heavy (non-hydrogen) atoms. The Bertz CT molecular complexity index is 422. The summed E-state index contributed by atoms with van der Waals surface area (Å²) in [7, 11) is -4.23. The van der Waals surface area contributed by atoms with E-state index < -0.39 is 10.4 Å². The van der Waals surface area contributed by atoms with Crippen molar-refractivity contribution in [1.82, 2.24) is 4.90 Å². The maximum atomic E-state index is 10.2. The lowest BCUT2D eigenvalue weighted by Crippen LogP contribution is -2.32. The van der Waals surface area contributed by atoms with Gasteiger partial charge < -0.3 is 20.1 Å². The van der Waals surface area contributed by atoms with Gasteiger partial charge in [0.25, 0.3) is 0 Å². The van der Waals surface area contributed by atoms with E-state index in [0.29, 0.717) is 26.1 Å². The number of hydrogen-bond acceptors (Lipinski definition) is 8. The molecule has 0 amide bonds. The van der Waals surface area contributed by atoms with E-state index in [-0.39, 0.29) is 26.4 Å². The SMILES string of the molecule is C=C.CCCCCCCCCCCCOS(=O)(=O)O.CCOCC.OCCN(CCO)CCO. The molecule has 0 aromatic rings. The summed E-state index contributed by atoms with van der Waals surface area (Å²) in [6.07, 6.45) is 11.9. The van der Waals surface area contributed by atoms with Crippen LogP contribution in [0.2, 0.25) is 0 Å². The van der Waals surface area contributed by atoms with E-state index in [0.717, 1.165) is 26.1 Å². The minimum atomic E-state index is -4.23. The van der Waals surface area contributed by atoms with Crippen LogP contribution in [0.1, 0.15) is 85.0 Å². The number of ether oxygens (including phenoxy) is 1. The Morgan fingerprint density at radius 3 is 1.29 bits per heavy atom. The zero-order chi connectivity index (χ0) is 26.9. The van der Waals surface area contributed by atoms with Crippen molar-refractivity contribution in [3.8, 4) is 0 Å². The number of hydrogen-bond donors (Lipinski definition) is 4. The van der Waals surface area contributed by atoms with Crippen LogP contribution in [0.4, 0.5) is 0 Å². The number of aliphatic hydroxyl groups excluding tert-OH is 3. The van der Waals surface area contributed by atoms with E-state index in [1.807, 2.05) is 13.8 Å². The molecule has 0 aromatic heterocycles. The van der Waals surface area contributed by atoms with Gasteiger partial charge in [0.2, 0.25) is 0 Å². The molecule has 210 valence electrons. The van der Waals surface area contributed by atoms with Crippen LogP contribution in [0.15, 0.2) is 13.2 Å². The molecule has 9 nitrogen and oxygen atoms in total. The van der Waals surface area contributed by atoms with Gasteiger partial charge in [0.05, 0.1) is 26.4 Å². The molecule has 0 rings (SSSR count). The monoisotopic (exact) mass is 517 g/mol. The zero-order valence-electron chi connectivity index (χ0n) is 22.1. The van der Waals surface area contributed by atoms with Crippen LogP contribution in [-0.4, -0.2) is 92.5 Å². The van der Waals surface area contributed by atoms with Crippen molar-refractivity contribution in [2.24, 2.45) is 0 Å².